The van der Waals surface area contributed by atoms with Gasteiger partial charge >= 0.3 is 0 Å². The summed E-state index contributed by atoms with van der Waals surface area (Å²) in [5.74, 6) is -1.44. The van der Waals surface area contributed by atoms with Crippen LogP contribution in [0.25, 0.3) is 0 Å². The molecule has 0 aromatic heterocycles. The molecular weight excluding hydrogens is 293 g/mol. The quantitative estimate of drug-likeness (QED) is 0.930. The Kier molecular flexibility index (Phi) is 4.48. The minimum Gasteiger partial charge on any atom is -0.508 e. The standard InChI is InChI=1S/C16H15ClFNO2/c1-10(12-5-3-4-6-14(12)17)19(2)16(21)13-8-7-11(20)9-15(13)18/h3-10,20H,1-2H3. The topological polar surface area (TPSA) is 40.5 Å². The predicted molar refractivity (Wildman–Crippen MR) is 80.0 cm³/mol. The third-order valence-electron chi connectivity index (χ3n) is 3.44. The lowest BCUT2D eigenvalue weighted by atomic mass is 10.1. The number of rotatable bonds is 3. The SMILES string of the molecule is CC(c1ccccc1Cl)N(C)C(=O)c1ccc(O)cc1F. The van der Waals surface area contributed by atoms with Gasteiger partial charge in [0.1, 0.15) is 11.6 Å². The zero-order valence-electron chi connectivity index (χ0n) is 11.7. The lowest BCUT2D eigenvalue weighted by Gasteiger charge is -2.26. The first-order valence-electron chi connectivity index (χ1n) is 6.42. The van der Waals surface area contributed by atoms with E-state index in [9.17, 15) is 14.3 Å². The molecule has 0 spiro atoms. The van der Waals surface area contributed by atoms with E-state index in [2.05, 4.69) is 0 Å². The molecule has 2 aromatic carbocycles. The molecule has 1 atom stereocenters. The van der Waals surface area contributed by atoms with Crippen molar-refractivity contribution in [3.8, 4) is 5.75 Å². The fourth-order valence-electron chi connectivity index (χ4n) is 2.07. The van der Waals surface area contributed by atoms with E-state index >= 15 is 0 Å². The fourth-order valence-corrected chi connectivity index (χ4v) is 2.36. The number of carbonyl (C=O) groups excluding carboxylic acids is 1. The number of hydrogen-bond acceptors (Lipinski definition) is 2. The zero-order valence-corrected chi connectivity index (χ0v) is 12.4. The average Bonchev–Trinajstić information content (AvgIpc) is 2.45. The summed E-state index contributed by atoms with van der Waals surface area (Å²) in [5, 5.41) is 9.75. The van der Waals surface area contributed by atoms with Gasteiger partial charge in [-0.2, -0.15) is 0 Å². The third kappa shape index (κ3) is 3.16. The van der Waals surface area contributed by atoms with Gasteiger partial charge < -0.3 is 10.0 Å². The Morgan fingerprint density at radius 1 is 1.29 bits per heavy atom. The van der Waals surface area contributed by atoms with Gasteiger partial charge in [0.05, 0.1) is 11.6 Å². The summed E-state index contributed by atoms with van der Waals surface area (Å²) in [5.41, 5.74) is 0.698. The Hall–Kier alpha value is -2.07. The second-order valence-corrected chi connectivity index (χ2v) is 5.18. The molecule has 0 saturated heterocycles. The molecule has 0 aliphatic heterocycles. The zero-order chi connectivity index (χ0) is 15.6. The summed E-state index contributed by atoms with van der Waals surface area (Å²) < 4.78 is 13.8. The molecule has 1 N–H and O–H groups in total. The van der Waals surface area contributed by atoms with Gasteiger partial charge in [-0.05, 0) is 30.7 Å². The second kappa shape index (κ2) is 6.14. The van der Waals surface area contributed by atoms with Crippen molar-refractivity contribution in [1.29, 1.82) is 0 Å². The summed E-state index contributed by atoms with van der Waals surface area (Å²) in [6, 6.07) is 10.4. The normalized spacial score (nSPS) is 12.0. The van der Waals surface area contributed by atoms with Gasteiger partial charge in [0.25, 0.3) is 5.91 Å². The van der Waals surface area contributed by atoms with Crippen LogP contribution in [-0.2, 0) is 0 Å². The first-order valence-corrected chi connectivity index (χ1v) is 6.79. The summed E-state index contributed by atoms with van der Waals surface area (Å²) >= 11 is 6.12. The van der Waals surface area contributed by atoms with E-state index in [-0.39, 0.29) is 17.4 Å². The molecule has 21 heavy (non-hydrogen) atoms. The van der Waals surface area contributed by atoms with E-state index < -0.39 is 11.7 Å². The van der Waals surface area contributed by atoms with Crippen LogP contribution < -0.4 is 0 Å². The van der Waals surface area contributed by atoms with Crippen molar-refractivity contribution < 1.29 is 14.3 Å². The first-order chi connectivity index (χ1) is 9.91. The van der Waals surface area contributed by atoms with Crippen LogP contribution in [0.2, 0.25) is 5.02 Å². The van der Waals surface area contributed by atoms with Crippen LogP contribution in [0, 0.1) is 5.82 Å². The van der Waals surface area contributed by atoms with Crippen molar-refractivity contribution in [1.82, 2.24) is 4.90 Å². The van der Waals surface area contributed by atoms with Crippen LogP contribution in [0.1, 0.15) is 28.9 Å². The fraction of sp³-hybridized carbons (Fsp3) is 0.188. The molecule has 110 valence electrons. The number of phenolic OH excluding ortho intramolecular Hbond substituents is 1. The van der Waals surface area contributed by atoms with E-state index in [1.54, 1.807) is 19.2 Å². The van der Waals surface area contributed by atoms with E-state index in [4.69, 9.17) is 11.6 Å². The van der Waals surface area contributed by atoms with Crippen LogP contribution in [0.3, 0.4) is 0 Å². The molecule has 0 fully saturated rings. The minimum absolute atomic E-state index is 0.0887. The maximum absolute atomic E-state index is 13.8. The van der Waals surface area contributed by atoms with Crippen molar-refractivity contribution in [2.45, 2.75) is 13.0 Å². The second-order valence-electron chi connectivity index (χ2n) is 4.78. The lowest BCUT2D eigenvalue weighted by molar-refractivity contribution is 0.0738. The van der Waals surface area contributed by atoms with Crippen molar-refractivity contribution in [2.75, 3.05) is 7.05 Å². The highest BCUT2D eigenvalue weighted by atomic mass is 35.5. The number of hydrogen-bond donors (Lipinski definition) is 1. The Balaban J connectivity index is 2.29. The van der Waals surface area contributed by atoms with Gasteiger partial charge in [0.15, 0.2) is 0 Å². The highest BCUT2D eigenvalue weighted by molar-refractivity contribution is 6.31. The molecule has 0 heterocycles. The van der Waals surface area contributed by atoms with Gasteiger partial charge in [0.2, 0.25) is 0 Å². The molecule has 3 nitrogen and oxygen atoms in total. The molecule has 0 aliphatic rings. The van der Waals surface area contributed by atoms with Gasteiger partial charge in [-0.25, -0.2) is 4.39 Å². The molecule has 0 aliphatic carbocycles. The Labute approximate surface area is 127 Å². The largest absolute Gasteiger partial charge is 0.508 e. The third-order valence-corrected chi connectivity index (χ3v) is 3.78. The van der Waals surface area contributed by atoms with Crippen LogP contribution in [0.15, 0.2) is 42.5 Å². The molecular formula is C16H15ClFNO2. The van der Waals surface area contributed by atoms with Gasteiger partial charge in [-0.3, -0.25) is 4.79 Å². The minimum atomic E-state index is -0.752. The predicted octanol–water partition coefficient (Wildman–Crippen LogP) is 4.02. The number of aromatic hydroxyl groups is 1. The molecule has 5 heteroatoms. The molecule has 2 aromatic rings. The van der Waals surface area contributed by atoms with Gasteiger partial charge in [-0.15, -0.1) is 0 Å². The summed E-state index contributed by atoms with van der Waals surface area (Å²) in [7, 11) is 1.59. The van der Waals surface area contributed by atoms with E-state index in [1.807, 2.05) is 19.1 Å². The van der Waals surface area contributed by atoms with Crippen LogP contribution >= 0.6 is 11.6 Å². The average molecular weight is 308 g/mol. The molecule has 2 rings (SSSR count). The van der Waals surface area contributed by atoms with Crippen molar-refractivity contribution in [3.63, 3.8) is 0 Å². The molecule has 1 amide bonds. The van der Waals surface area contributed by atoms with Gasteiger partial charge in [-0.1, -0.05) is 29.8 Å². The highest BCUT2D eigenvalue weighted by Crippen LogP contribution is 2.28. The van der Waals surface area contributed by atoms with Crippen molar-refractivity contribution in [3.05, 3.63) is 64.4 Å². The van der Waals surface area contributed by atoms with E-state index in [0.717, 1.165) is 11.6 Å². The number of halogens is 2. The highest BCUT2D eigenvalue weighted by Gasteiger charge is 2.22. The summed E-state index contributed by atoms with van der Waals surface area (Å²) in [4.78, 5) is 13.8. The molecule has 0 radical (unpaired) electrons. The summed E-state index contributed by atoms with van der Waals surface area (Å²) in [6.07, 6.45) is 0. The maximum Gasteiger partial charge on any atom is 0.257 e. The summed E-state index contributed by atoms with van der Waals surface area (Å²) in [6.45, 7) is 1.82. The van der Waals surface area contributed by atoms with Gasteiger partial charge in [0, 0.05) is 18.1 Å². The Morgan fingerprint density at radius 3 is 2.57 bits per heavy atom. The van der Waals surface area contributed by atoms with Crippen LogP contribution in [-0.4, -0.2) is 23.0 Å². The number of carbonyl (C=O) groups is 1. The molecule has 1 unspecified atom stereocenters. The number of amides is 1. The monoisotopic (exact) mass is 307 g/mol. The van der Waals surface area contributed by atoms with Crippen LogP contribution in [0.4, 0.5) is 4.39 Å². The Bertz CT molecular complexity index is 675. The number of benzene rings is 2. The van der Waals surface area contributed by atoms with E-state index in [1.165, 1.54) is 17.0 Å². The molecule has 0 bridgehead atoms. The van der Waals surface area contributed by atoms with E-state index in [0.29, 0.717) is 5.02 Å². The number of phenols is 1. The molecule has 0 saturated carbocycles. The van der Waals surface area contributed by atoms with Crippen LogP contribution in [0.5, 0.6) is 5.75 Å². The Morgan fingerprint density at radius 2 is 1.95 bits per heavy atom. The number of nitrogens with zero attached hydrogens (tertiary/aromatic N) is 1. The first kappa shape index (κ1) is 15.3. The maximum atomic E-state index is 13.8. The van der Waals surface area contributed by atoms with Crippen molar-refractivity contribution >= 4 is 17.5 Å². The smallest absolute Gasteiger partial charge is 0.257 e. The van der Waals surface area contributed by atoms with Crippen molar-refractivity contribution in [2.24, 2.45) is 0 Å². The lowest BCUT2D eigenvalue weighted by Crippen LogP contribution is -2.30.